The minimum Gasteiger partial charge on any atom is -0.493 e. The lowest BCUT2D eigenvalue weighted by Gasteiger charge is -2.08. The summed E-state index contributed by atoms with van der Waals surface area (Å²) >= 11 is 0. The Morgan fingerprint density at radius 2 is 2.04 bits per heavy atom. The van der Waals surface area contributed by atoms with Crippen LogP contribution in [0.1, 0.15) is 5.56 Å². The smallest absolute Gasteiger partial charge is 0.277 e. The van der Waals surface area contributed by atoms with Gasteiger partial charge in [0.05, 0.1) is 13.3 Å². The largest absolute Gasteiger partial charge is 0.493 e. The molecule has 2 rings (SSSR count). The molecule has 2 aromatic rings. The number of amides is 1. The maximum atomic E-state index is 13.4. The molecule has 0 radical (unpaired) electrons. The number of halogens is 1. The Kier molecular flexibility index (Phi) is 6.94. The van der Waals surface area contributed by atoms with E-state index in [0.717, 1.165) is 0 Å². The molecule has 7 nitrogen and oxygen atoms in total. The molecular weight excluding hydrogens is 341 g/mol. The Morgan fingerprint density at radius 3 is 2.77 bits per heavy atom. The van der Waals surface area contributed by atoms with E-state index in [2.05, 4.69) is 10.5 Å². The van der Waals surface area contributed by atoms with E-state index in [0.29, 0.717) is 17.1 Å². The van der Waals surface area contributed by atoms with Gasteiger partial charge in [0.2, 0.25) is 0 Å². The first-order valence-electron chi connectivity index (χ1n) is 7.51. The van der Waals surface area contributed by atoms with Crippen molar-refractivity contribution in [1.82, 2.24) is 5.43 Å². The van der Waals surface area contributed by atoms with E-state index in [1.54, 1.807) is 24.3 Å². The number of nitrogens with zero attached hydrogens (tertiary/aromatic N) is 2. The van der Waals surface area contributed by atoms with Gasteiger partial charge in [-0.3, -0.25) is 4.79 Å². The molecule has 0 saturated heterocycles. The second-order valence-electron chi connectivity index (χ2n) is 4.87. The molecule has 0 bridgehead atoms. The van der Waals surface area contributed by atoms with Gasteiger partial charge in [-0.25, -0.2) is 9.82 Å². The summed E-state index contributed by atoms with van der Waals surface area (Å²) in [7, 11) is 1.47. The standard InChI is InChI=1S/C18H16FN3O4/c1-24-17-10-13(6-7-16(17)25-9-8-20)11-21-22-18(23)12-26-15-5-3-2-4-14(15)19/h2-7,10-11H,9,12H2,1H3,(H,22,23)/b21-11-. The van der Waals surface area contributed by atoms with Crippen molar-refractivity contribution in [2.24, 2.45) is 5.10 Å². The third kappa shape index (κ3) is 5.49. The monoisotopic (exact) mass is 357 g/mol. The molecular formula is C18H16FN3O4. The maximum Gasteiger partial charge on any atom is 0.277 e. The zero-order valence-electron chi connectivity index (χ0n) is 13.9. The van der Waals surface area contributed by atoms with E-state index in [9.17, 15) is 9.18 Å². The van der Waals surface area contributed by atoms with Crippen molar-refractivity contribution in [2.75, 3.05) is 20.3 Å². The van der Waals surface area contributed by atoms with E-state index in [4.69, 9.17) is 19.5 Å². The molecule has 0 unspecified atom stereocenters. The summed E-state index contributed by atoms with van der Waals surface area (Å²) in [5.74, 6) is -0.240. The number of hydrogen-bond acceptors (Lipinski definition) is 6. The van der Waals surface area contributed by atoms with Crippen molar-refractivity contribution >= 4 is 12.1 Å². The summed E-state index contributed by atoms with van der Waals surface area (Å²) in [6.45, 7) is -0.468. The van der Waals surface area contributed by atoms with Crippen LogP contribution in [0.2, 0.25) is 0 Å². The number of nitrogens with one attached hydrogen (secondary N) is 1. The average Bonchev–Trinajstić information content (AvgIpc) is 2.66. The van der Waals surface area contributed by atoms with Gasteiger partial charge >= 0.3 is 0 Å². The quantitative estimate of drug-likeness (QED) is 0.578. The van der Waals surface area contributed by atoms with Crippen molar-refractivity contribution in [2.45, 2.75) is 0 Å². The van der Waals surface area contributed by atoms with Crippen molar-refractivity contribution in [3.63, 3.8) is 0 Å². The van der Waals surface area contributed by atoms with Crippen LogP contribution in [0.3, 0.4) is 0 Å². The lowest BCUT2D eigenvalue weighted by atomic mass is 10.2. The fraction of sp³-hybridized carbons (Fsp3) is 0.167. The Labute approximate surface area is 149 Å². The van der Waals surface area contributed by atoms with Gasteiger partial charge in [-0.2, -0.15) is 10.4 Å². The summed E-state index contributed by atoms with van der Waals surface area (Å²) in [6, 6.07) is 12.6. The normalized spacial score (nSPS) is 10.2. The highest BCUT2D eigenvalue weighted by Crippen LogP contribution is 2.27. The molecule has 0 saturated carbocycles. The van der Waals surface area contributed by atoms with Gasteiger partial charge < -0.3 is 14.2 Å². The molecule has 2 aromatic carbocycles. The Hall–Kier alpha value is -3.60. The zero-order valence-corrected chi connectivity index (χ0v) is 13.9. The van der Waals surface area contributed by atoms with Crippen LogP contribution in [-0.2, 0) is 4.79 Å². The molecule has 0 aromatic heterocycles. The number of para-hydroxylation sites is 1. The van der Waals surface area contributed by atoms with Crippen LogP contribution in [0.4, 0.5) is 4.39 Å². The number of ether oxygens (including phenoxy) is 3. The fourth-order valence-corrected chi connectivity index (χ4v) is 1.91. The van der Waals surface area contributed by atoms with Crippen LogP contribution >= 0.6 is 0 Å². The molecule has 0 aliphatic heterocycles. The number of hydrogen-bond donors (Lipinski definition) is 1. The number of rotatable bonds is 8. The molecule has 0 heterocycles. The second kappa shape index (κ2) is 9.64. The summed E-state index contributed by atoms with van der Waals surface area (Å²) in [5, 5.41) is 12.3. The first-order valence-corrected chi connectivity index (χ1v) is 7.51. The lowest BCUT2D eigenvalue weighted by Crippen LogP contribution is -2.24. The Morgan fingerprint density at radius 1 is 1.23 bits per heavy atom. The number of hydrazone groups is 1. The highest BCUT2D eigenvalue weighted by atomic mass is 19.1. The number of carbonyl (C=O) groups excluding carboxylic acids is 1. The van der Waals surface area contributed by atoms with Crippen LogP contribution in [-0.4, -0.2) is 32.4 Å². The van der Waals surface area contributed by atoms with E-state index in [1.807, 2.05) is 6.07 Å². The van der Waals surface area contributed by atoms with Crippen molar-refractivity contribution in [1.29, 1.82) is 5.26 Å². The molecule has 1 N–H and O–H groups in total. The van der Waals surface area contributed by atoms with Gasteiger partial charge in [0.1, 0.15) is 6.07 Å². The Bertz CT molecular complexity index is 833. The van der Waals surface area contributed by atoms with Crippen LogP contribution in [0, 0.1) is 17.1 Å². The van der Waals surface area contributed by atoms with Crippen LogP contribution in [0.25, 0.3) is 0 Å². The van der Waals surface area contributed by atoms with Gasteiger partial charge in [-0.15, -0.1) is 0 Å². The highest BCUT2D eigenvalue weighted by molar-refractivity contribution is 5.83. The van der Waals surface area contributed by atoms with Crippen molar-refractivity contribution < 1.29 is 23.4 Å². The minimum absolute atomic E-state index is 0.00989. The molecule has 0 fully saturated rings. The van der Waals surface area contributed by atoms with Crippen molar-refractivity contribution in [3.8, 4) is 23.3 Å². The van der Waals surface area contributed by atoms with E-state index >= 15 is 0 Å². The third-order valence-corrected chi connectivity index (χ3v) is 3.08. The summed E-state index contributed by atoms with van der Waals surface area (Å²) in [5.41, 5.74) is 2.92. The molecule has 26 heavy (non-hydrogen) atoms. The molecule has 0 aliphatic rings. The Balaban J connectivity index is 1.88. The molecule has 1 amide bonds. The number of methoxy groups -OCH3 is 1. The van der Waals surface area contributed by atoms with E-state index in [1.165, 1.54) is 31.5 Å². The first-order chi connectivity index (χ1) is 12.6. The van der Waals surface area contributed by atoms with Gasteiger partial charge in [0, 0.05) is 0 Å². The van der Waals surface area contributed by atoms with Gasteiger partial charge in [-0.05, 0) is 35.9 Å². The van der Waals surface area contributed by atoms with Gasteiger partial charge in [0.15, 0.2) is 36.3 Å². The van der Waals surface area contributed by atoms with E-state index < -0.39 is 11.7 Å². The minimum atomic E-state index is -0.547. The molecule has 0 spiro atoms. The number of nitriles is 1. The van der Waals surface area contributed by atoms with Gasteiger partial charge in [-0.1, -0.05) is 12.1 Å². The predicted octanol–water partition coefficient (Wildman–Crippen LogP) is 2.27. The fourth-order valence-electron chi connectivity index (χ4n) is 1.91. The summed E-state index contributed by atoms with van der Waals surface area (Å²) in [6.07, 6.45) is 1.40. The van der Waals surface area contributed by atoms with Crippen LogP contribution in [0.5, 0.6) is 17.2 Å². The van der Waals surface area contributed by atoms with Gasteiger partial charge in [0.25, 0.3) is 5.91 Å². The molecule has 0 aliphatic carbocycles. The SMILES string of the molecule is COc1cc(/C=N\NC(=O)COc2ccccc2F)ccc1OCC#N. The molecule has 0 atom stereocenters. The van der Waals surface area contributed by atoms with Crippen LogP contribution < -0.4 is 19.6 Å². The molecule has 8 heteroatoms. The number of benzene rings is 2. The van der Waals surface area contributed by atoms with E-state index in [-0.39, 0.29) is 19.0 Å². The first kappa shape index (κ1) is 18.7. The predicted molar refractivity (Wildman–Crippen MR) is 91.7 cm³/mol. The zero-order chi connectivity index (χ0) is 18.8. The van der Waals surface area contributed by atoms with Crippen LogP contribution in [0.15, 0.2) is 47.6 Å². The third-order valence-electron chi connectivity index (χ3n) is 3.08. The maximum absolute atomic E-state index is 13.4. The number of carbonyl (C=O) groups is 1. The summed E-state index contributed by atoms with van der Waals surface area (Å²) in [4.78, 5) is 11.7. The average molecular weight is 357 g/mol. The topological polar surface area (TPSA) is 92.9 Å². The molecule has 134 valence electrons. The lowest BCUT2D eigenvalue weighted by molar-refractivity contribution is -0.123. The highest BCUT2D eigenvalue weighted by Gasteiger charge is 2.06. The summed E-state index contributed by atoms with van der Waals surface area (Å²) < 4.78 is 28.8. The van der Waals surface area contributed by atoms with Crippen molar-refractivity contribution in [3.05, 3.63) is 53.8 Å². The second-order valence-corrected chi connectivity index (χ2v) is 4.87.